The van der Waals surface area contributed by atoms with Gasteiger partial charge in [-0.05, 0) is 36.4 Å². The fourth-order valence-electron chi connectivity index (χ4n) is 4.65. The van der Waals surface area contributed by atoms with Gasteiger partial charge in [0, 0.05) is 42.7 Å². The average Bonchev–Trinajstić information content (AvgIpc) is 3.16. The van der Waals surface area contributed by atoms with Gasteiger partial charge in [0.2, 0.25) is 0 Å². The van der Waals surface area contributed by atoms with Crippen LogP contribution >= 0.6 is 0 Å². The van der Waals surface area contributed by atoms with Gasteiger partial charge in [0.15, 0.2) is 11.7 Å². The van der Waals surface area contributed by atoms with Crippen molar-refractivity contribution in [2.24, 2.45) is 0 Å². The lowest BCUT2D eigenvalue weighted by Gasteiger charge is -2.36. The van der Waals surface area contributed by atoms with Crippen LogP contribution in [-0.2, 0) is 34.1 Å². The third-order valence-electron chi connectivity index (χ3n) is 6.21. The van der Waals surface area contributed by atoms with E-state index in [9.17, 15) is 29.4 Å². The quantitative estimate of drug-likeness (QED) is 0.353. The molecule has 3 aromatic carbocycles. The molecule has 0 bridgehead atoms. The van der Waals surface area contributed by atoms with Gasteiger partial charge in [0.25, 0.3) is 0 Å². The lowest BCUT2D eigenvalue weighted by Crippen LogP contribution is -2.33. The number of phenolic OH excluding ortho intramolecular Hbond substituents is 2. The molecule has 2 aliphatic rings. The number of carbonyl (C=O) groups excluding carboxylic acids is 4. The molecule has 2 heterocycles. The van der Waals surface area contributed by atoms with Crippen molar-refractivity contribution >= 4 is 23.9 Å². The van der Waals surface area contributed by atoms with Gasteiger partial charge in [0.05, 0.1) is 11.1 Å². The summed E-state index contributed by atoms with van der Waals surface area (Å²) in [6.07, 6.45) is -1.01. The zero-order chi connectivity index (χ0) is 27.9. The number of carbonyl (C=O) groups is 4. The zero-order valence-electron chi connectivity index (χ0n) is 20.8. The number of hydrogen-bond donors (Lipinski definition) is 2. The molecule has 0 fully saturated rings. The van der Waals surface area contributed by atoms with E-state index >= 15 is 0 Å². The molecule has 39 heavy (non-hydrogen) atoms. The van der Waals surface area contributed by atoms with E-state index in [1.807, 2.05) is 0 Å². The van der Waals surface area contributed by atoms with Crippen molar-refractivity contribution in [3.05, 3.63) is 82.4 Å². The SMILES string of the molecule is CC(=O)OCC(COC(=O)c1ccc2c(c1)C(=O)OC21c2ccc(O)cc2Oc2cc(O)ccc21)OC(C)=O. The maximum absolute atomic E-state index is 13.2. The normalized spacial score (nSPS) is 14.7. The number of hydrogen-bond acceptors (Lipinski definition) is 11. The molecule has 1 spiro atoms. The summed E-state index contributed by atoms with van der Waals surface area (Å²) < 4.78 is 27.0. The number of phenols is 2. The highest BCUT2D eigenvalue weighted by Gasteiger charge is 2.53. The van der Waals surface area contributed by atoms with Crippen LogP contribution in [0.5, 0.6) is 23.0 Å². The van der Waals surface area contributed by atoms with Crippen molar-refractivity contribution in [3.8, 4) is 23.0 Å². The first-order valence-corrected chi connectivity index (χ1v) is 11.8. The Morgan fingerprint density at radius 1 is 0.821 bits per heavy atom. The number of rotatable bonds is 6. The van der Waals surface area contributed by atoms with Crippen LogP contribution in [-0.4, -0.2) is 53.4 Å². The van der Waals surface area contributed by atoms with E-state index in [2.05, 4.69) is 0 Å². The van der Waals surface area contributed by atoms with Crippen LogP contribution in [0.15, 0.2) is 54.6 Å². The minimum atomic E-state index is -1.47. The summed E-state index contributed by atoms with van der Waals surface area (Å²) in [5.41, 5.74) is -0.0458. The smallest absolute Gasteiger partial charge is 0.340 e. The highest BCUT2D eigenvalue weighted by Crippen LogP contribution is 2.57. The van der Waals surface area contributed by atoms with E-state index < -0.39 is 35.6 Å². The summed E-state index contributed by atoms with van der Waals surface area (Å²) in [5.74, 6) is -2.46. The monoisotopic (exact) mass is 534 g/mol. The maximum Gasteiger partial charge on any atom is 0.340 e. The second-order valence-electron chi connectivity index (χ2n) is 8.93. The second-order valence-corrected chi connectivity index (χ2v) is 8.93. The van der Waals surface area contributed by atoms with Gasteiger partial charge in [-0.15, -0.1) is 0 Å². The van der Waals surface area contributed by atoms with Gasteiger partial charge < -0.3 is 33.9 Å². The number of benzene rings is 3. The Kier molecular flexibility index (Phi) is 6.35. The van der Waals surface area contributed by atoms with Crippen molar-refractivity contribution in [2.75, 3.05) is 13.2 Å². The molecular formula is C28H22O11. The van der Waals surface area contributed by atoms with Crippen LogP contribution < -0.4 is 4.74 Å². The largest absolute Gasteiger partial charge is 0.508 e. The number of ether oxygens (including phenoxy) is 5. The molecular weight excluding hydrogens is 512 g/mol. The van der Waals surface area contributed by atoms with Crippen LogP contribution in [0.3, 0.4) is 0 Å². The minimum Gasteiger partial charge on any atom is -0.508 e. The summed E-state index contributed by atoms with van der Waals surface area (Å²) in [5, 5.41) is 20.0. The van der Waals surface area contributed by atoms with E-state index in [1.165, 1.54) is 50.2 Å². The summed E-state index contributed by atoms with van der Waals surface area (Å²) in [6.45, 7) is 1.67. The van der Waals surface area contributed by atoms with Gasteiger partial charge in [-0.3, -0.25) is 9.59 Å². The van der Waals surface area contributed by atoms with E-state index in [0.717, 1.165) is 0 Å². The molecule has 2 N–H and O–H groups in total. The second kappa shape index (κ2) is 9.67. The third kappa shape index (κ3) is 4.58. The summed E-state index contributed by atoms with van der Waals surface area (Å²) >= 11 is 0. The lowest BCUT2D eigenvalue weighted by molar-refractivity contribution is -0.158. The molecule has 0 aromatic heterocycles. The Balaban J connectivity index is 1.49. The van der Waals surface area contributed by atoms with Gasteiger partial charge in [-0.25, -0.2) is 9.59 Å². The predicted molar refractivity (Wildman–Crippen MR) is 130 cm³/mol. The maximum atomic E-state index is 13.2. The third-order valence-corrected chi connectivity index (χ3v) is 6.21. The molecule has 0 saturated carbocycles. The summed E-state index contributed by atoms with van der Waals surface area (Å²) in [7, 11) is 0. The van der Waals surface area contributed by atoms with Crippen molar-refractivity contribution in [1.82, 2.24) is 0 Å². The van der Waals surface area contributed by atoms with Crippen molar-refractivity contribution in [1.29, 1.82) is 0 Å². The first kappa shape index (κ1) is 25.6. The molecule has 0 radical (unpaired) electrons. The van der Waals surface area contributed by atoms with Gasteiger partial charge in [-0.1, -0.05) is 6.07 Å². The Morgan fingerprint density at radius 3 is 2.00 bits per heavy atom. The number of aromatic hydroxyl groups is 2. The van der Waals surface area contributed by atoms with E-state index in [0.29, 0.717) is 16.7 Å². The van der Waals surface area contributed by atoms with Crippen molar-refractivity contribution in [3.63, 3.8) is 0 Å². The van der Waals surface area contributed by atoms with Gasteiger partial charge in [-0.2, -0.15) is 0 Å². The van der Waals surface area contributed by atoms with E-state index in [1.54, 1.807) is 18.2 Å². The van der Waals surface area contributed by atoms with Crippen LogP contribution in [0.1, 0.15) is 51.3 Å². The Bertz CT molecular complexity index is 1470. The molecule has 1 unspecified atom stereocenters. The molecule has 11 heteroatoms. The first-order valence-electron chi connectivity index (χ1n) is 11.8. The molecule has 11 nitrogen and oxygen atoms in total. The van der Waals surface area contributed by atoms with E-state index in [-0.39, 0.29) is 47.3 Å². The molecule has 3 aromatic rings. The lowest BCUT2D eigenvalue weighted by atomic mass is 9.77. The van der Waals surface area contributed by atoms with Crippen molar-refractivity contribution < 1.29 is 53.1 Å². The summed E-state index contributed by atoms with van der Waals surface area (Å²) in [6, 6.07) is 13.1. The number of esters is 4. The molecule has 0 amide bonds. The minimum absolute atomic E-state index is 0.0285. The molecule has 5 rings (SSSR count). The van der Waals surface area contributed by atoms with Crippen LogP contribution in [0.2, 0.25) is 0 Å². The zero-order valence-corrected chi connectivity index (χ0v) is 20.8. The molecule has 0 saturated heterocycles. The Morgan fingerprint density at radius 2 is 1.41 bits per heavy atom. The predicted octanol–water partition coefficient (Wildman–Crippen LogP) is 3.32. The summed E-state index contributed by atoms with van der Waals surface area (Å²) in [4.78, 5) is 48.5. The van der Waals surface area contributed by atoms with Crippen LogP contribution in [0, 0.1) is 0 Å². The molecule has 0 aliphatic carbocycles. The fourth-order valence-corrected chi connectivity index (χ4v) is 4.65. The Hall–Kier alpha value is -5.06. The van der Waals surface area contributed by atoms with Gasteiger partial charge >= 0.3 is 23.9 Å². The van der Waals surface area contributed by atoms with Crippen LogP contribution in [0.25, 0.3) is 0 Å². The standard InChI is InChI=1S/C28H22O11/c1-14(29)35-12-19(37-15(2)30)13-36-26(33)16-3-6-21-20(9-16)27(34)39-28(21)22-7-4-17(31)10-24(22)38-25-11-18(32)5-8-23(25)28/h3-11,19,31-32H,12-13H2,1-2H3. The molecule has 200 valence electrons. The van der Waals surface area contributed by atoms with Gasteiger partial charge in [0.1, 0.15) is 36.2 Å². The van der Waals surface area contributed by atoms with E-state index in [4.69, 9.17) is 23.7 Å². The highest BCUT2D eigenvalue weighted by atomic mass is 16.6. The van der Waals surface area contributed by atoms with Crippen molar-refractivity contribution in [2.45, 2.75) is 25.6 Å². The average molecular weight is 534 g/mol. The first-order chi connectivity index (χ1) is 18.6. The topological polar surface area (TPSA) is 155 Å². The van der Waals surface area contributed by atoms with Crippen LogP contribution in [0.4, 0.5) is 0 Å². The highest BCUT2D eigenvalue weighted by molar-refractivity contribution is 6.00. The fraction of sp³-hybridized carbons (Fsp3) is 0.214. The molecule has 1 atom stereocenters. The number of fused-ring (bicyclic) bond motifs is 6. The molecule has 2 aliphatic heterocycles. The Labute approximate surface area is 221 Å².